The molecule has 1 saturated carbocycles. The first-order valence-corrected chi connectivity index (χ1v) is 10.4. The zero-order valence-electron chi connectivity index (χ0n) is 17.2. The number of nitrogens with zero attached hydrogens (tertiary/aromatic N) is 2. The Kier molecular flexibility index (Phi) is 6.61. The van der Waals surface area contributed by atoms with E-state index < -0.39 is 17.7 Å². The number of carbonyl (C=O) groups is 3. The van der Waals surface area contributed by atoms with Gasteiger partial charge in [-0.2, -0.15) is 0 Å². The number of ether oxygens (including phenoxy) is 1. The standard InChI is InChI=1S/C21H30N4O4/c1-3-24(4-2)18(26)21(11-6-5-7-12-21)23-19(27)22-16-9-8-10-17(15-16)25-13-14-29-20(25)28/h8-10,15H,3-7,11-14H2,1-2H3,(H2,22,23,27). The molecule has 0 radical (unpaired) electrons. The minimum Gasteiger partial charge on any atom is -0.447 e. The van der Waals surface area contributed by atoms with Crippen molar-refractivity contribution < 1.29 is 19.1 Å². The van der Waals surface area contributed by atoms with Crippen LogP contribution in [0.25, 0.3) is 0 Å². The quantitative estimate of drug-likeness (QED) is 0.764. The van der Waals surface area contributed by atoms with Crippen LogP contribution >= 0.6 is 0 Å². The second-order valence-corrected chi connectivity index (χ2v) is 7.52. The maximum absolute atomic E-state index is 13.2. The first-order chi connectivity index (χ1) is 14.0. The Labute approximate surface area is 171 Å². The van der Waals surface area contributed by atoms with Gasteiger partial charge in [0.15, 0.2) is 0 Å². The molecule has 8 nitrogen and oxygen atoms in total. The summed E-state index contributed by atoms with van der Waals surface area (Å²) >= 11 is 0. The first kappa shape index (κ1) is 21.0. The molecule has 4 amide bonds. The Morgan fingerprint density at radius 2 is 1.90 bits per heavy atom. The molecule has 0 unspecified atom stereocenters. The van der Waals surface area contributed by atoms with Crippen LogP contribution in [0.15, 0.2) is 24.3 Å². The highest BCUT2D eigenvalue weighted by atomic mass is 16.6. The van der Waals surface area contributed by atoms with Gasteiger partial charge < -0.3 is 20.3 Å². The third-order valence-electron chi connectivity index (χ3n) is 5.70. The van der Waals surface area contributed by atoms with Crippen LogP contribution in [0.5, 0.6) is 0 Å². The van der Waals surface area contributed by atoms with Crippen LogP contribution in [0.1, 0.15) is 46.0 Å². The Bertz CT molecular complexity index is 757. The monoisotopic (exact) mass is 402 g/mol. The number of anilines is 2. The molecule has 158 valence electrons. The van der Waals surface area contributed by atoms with E-state index in [0.29, 0.717) is 50.5 Å². The van der Waals surface area contributed by atoms with Crippen LogP contribution in [0.4, 0.5) is 21.0 Å². The van der Waals surface area contributed by atoms with Gasteiger partial charge in [-0.25, -0.2) is 9.59 Å². The van der Waals surface area contributed by atoms with Gasteiger partial charge >= 0.3 is 12.1 Å². The van der Waals surface area contributed by atoms with Crippen molar-refractivity contribution in [2.24, 2.45) is 0 Å². The van der Waals surface area contributed by atoms with Gasteiger partial charge in [0.1, 0.15) is 12.1 Å². The highest BCUT2D eigenvalue weighted by Gasteiger charge is 2.42. The van der Waals surface area contributed by atoms with E-state index >= 15 is 0 Å². The molecule has 1 aliphatic carbocycles. The predicted molar refractivity (Wildman–Crippen MR) is 111 cm³/mol. The van der Waals surface area contributed by atoms with Gasteiger partial charge in [0.2, 0.25) is 5.91 Å². The molecule has 0 aromatic heterocycles. The number of rotatable bonds is 6. The van der Waals surface area contributed by atoms with Crippen molar-refractivity contribution in [3.63, 3.8) is 0 Å². The molecule has 2 N–H and O–H groups in total. The summed E-state index contributed by atoms with van der Waals surface area (Å²) in [6.45, 7) is 5.98. The Hall–Kier alpha value is -2.77. The SMILES string of the molecule is CCN(CC)C(=O)C1(NC(=O)Nc2cccc(N3CCOC3=O)c2)CCCCC1. The van der Waals surface area contributed by atoms with Gasteiger partial charge in [-0.1, -0.05) is 25.3 Å². The number of cyclic esters (lactones) is 1. The third kappa shape index (κ3) is 4.63. The van der Waals surface area contributed by atoms with E-state index in [1.807, 2.05) is 13.8 Å². The lowest BCUT2D eigenvalue weighted by Gasteiger charge is -2.39. The van der Waals surface area contributed by atoms with E-state index in [9.17, 15) is 14.4 Å². The molecule has 1 saturated heterocycles. The maximum atomic E-state index is 13.2. The van der Waals surface area contributed by atoms with Crippen molar-refractivity contribution in [3.05, 3.63) is 24.3 Å². The average Bonchev–Trinajstić information content (AvgIpc) is 3.15. The lowest BCUT2D eigenvalue weighted by atomic mass is 9.80. The molecule has 8 heteroatoms. The van der Waals surface area contributed by atoms with Crippen molar-refractivity contribution in [1.29, 1.82) is 0 Å². The number of benzene rings is 1. The van der Waals surface area contributed by atoms with Gasteiger partial charge in [-0.05, 0) is 44.9 Å². The molecule has 29 heavy (non-hydrogen) atoms. The van der Waals surface area contributed by atoms with E-state index in [1.54, 1.807) is 29.2 Å². The van der Waals surface area contributed by atoms with E-state index in [0.717, 1.165) is 19.3 Å². The molecule has 0 spiro atoms. The van der Waals surface area contributed by atoms with Crippen molar-refractivity contribution in [1.82, 2.24) is 10.2 Å². The highest BCUT2D eigenvalue weighted by Crippen LogP contribution is 2.30. The van der Waals surface area contributed by atoms with Crippen molar-refractivity contribution >= 4 is 29.4 Å². The molecule has 0 bridgehead atoms. The molecule has 1 aliphatic heterocycles. The summed E-state index contributed by atoms with van der Waals surface area (Å²) in [4.78, 5) is 41.0. The van der Waals surface area contributed by atoms with Crippen molar-refractivity contribution in [3.8, 4) is 0 Å². The Morgan fingerprint density at radius 3 is 2.52 bits per heavy atom. The van der Waals surface area contributed by atoms with E-state index in [4.69, 9.17) is 4.74 Å². The minimum atomic E-state index is -0.856. The van der Waals surface area contributed by atoms with Gasteiger partial charge in [0, 0.05) is 24.5 Å². The average molecular weight is 402 g/mol. The molecule has 0 atom stereocenters. The van der Waals surface area contributed by atoms with Gasteiger partial charge in [-0.15, -0.1) is 0 Å². The fourth-order valence-electron chi connectivity index (χ4n) is 4.12. The summed E-state index contributed by atoms with van der Waals surface area (Å²) in [6.07, 6.45) is 3.81. The number of likely N-dealkylation sites (N-methyl/N-ethyl adjacent to an activating group) is 1. The van der Waals surface area contributed by atoms with Crippen molar-refractivity contribution in [2.45, 2.75) is 51.5 Å². The smallest absolute Gasteiger partial charge is 0.414 e. The number of amides is 4. The predicted octanol–water partition coefficient (Wildman–Crippen LogP) is 3.34. The van der Waals surface area contributed by atoms with Crippen LogP contribution in [0.3, 0.4) is 0 Å². The summed E-state index contributed by atoms with van der Waals surface area (Å²) in [5, 5.41) is 5.80. The van der Waals surface area contributed by atoms with Crippen LogP contribution in [0.2, 0.25) is 0 Å². The normalized spacial score (nSPS) is 18.1. The summed E-state index contributed by atoms with van der Waals surface area (Å²) in [5.74, 6) is -0.00841. The molecular weight excluding hydrogens is 372 g/mol. The fraction of sp³-hybridized carbons (Fsp3) is 0.571. The topological polar surface area (TPSA) is 91.0 Å². The molecule has 1 aromatic carbocycles. The fourth-order valence-corrected chi connectivity index (χ4v) is 4.12. The number of hydrogen-bond acceptors (Lipinski definition) is 4. The van der Waals surface area contributed by atoms with E-state index in [-0.39, 0.29) is 5.91 Å². The summed E-state index contributed by atoms with van der Waals surface area (Å²) < 4.78 is 4.97. The van der Waals surface area contributed by atoms with Crippen LogP contribution in [-0.2, 0) is 9.53 Å². The summed E-state index contributed by atoms with van der Waals surface area (Å²) in [7, 11) is 0. The second-order valence-electron chi connectivity index (χ2n) is 7.52. The zero-order chi connectivity index (χ0) is 20.9. The van der Waals surface area contributed by atoms with Crippen LogP contribution < -0.4 is 15.5 Å². The van der Waals surface area contributed by atoms with Gasteiger partial charge in [0.25, 0.3) is 0 Å². The number of hydrogen-bond donors (Lipinski definition) is 2. The minimum absolute atomic E-state index is 0.00841. The highest BCUT2D eigenvalue weighted by molar-refractivity contribution is 5.97. The van der Waals surface area contributed by atoms with Crippen molar-refractivity contribution in [2.75, 3.05) is 36.5 Å². The number of nitrogens with one attached hydrogen (secondary N) is 2. The number of urea groups is 1. The number of carbonyl (C=O) groups excluding carboxylic acids is 3. The van der Waals surface area contributed by atoms with E-state index in [2.05, 4.69) is 10.6 Å². The van der Waals surface area contributed by atoms with Crippen LogP contribution in [0, 0.1) is 0 Å². The molecule has 2 fully saturated rings. The van der Waals surface area contributed by atoms with Gasteiger partial charge in [-0.3, -0.25) is 9.69 Å². The molecule has 1 heterocycles. The largest absolute Gasteiger partial charge is 0.447 e. The van der Waals surface area contributed by atoms with E-state index in [1.165, 1.54) is 4.90 Å². The maximum Gasteiger partial charge on any atom is 0.414 e. The lowest BCUT2D eigenvalue weighted by Crippen LogP contribution is -2.61. The Morgan fingerprint density at radius 1 is 1.17 bits per heavy atom. The second kappa shape index (κ2) is 9.15. The molecule has 2 aliphatic rings. The Balaban J connectivity index is 1.72. The summed E-state index contributed by atoms with van der Waals surface area (Å²) in [5.41, 5.74) is 0.364. The summed E-state index contributed by atoms with van der Waals surface area (Å²) in [6, 6.07) is 6.64. The lowest BCUT2D eigenvalue weighted by molar-refractivity contribution is -0.139. The van der Waals surface area contributed by atoms with Crippen LogP contribution in [-0.4, -0.2) is 54.7 Å². The zero-order valence-corrected chi connectivity index (χ0v) is 17.2. The molecular formula is C21H30N4O4. The van der Waals surface area contributed by atoms with Gasteiger partial charge in [0.05, 0.1) is 6.54 Å². The molecule has 3 rings (SSSR count). The molecule has 1 aromatic rings. The third-order valence-corrected chi connectivity index (χ3v) is 5.70. The first-order valence-electron chi connectivity index (χ1n) is 10.4.